The number of thiocarbonyl (C=S) groups is 1. The molecule has 1 N–H and O–H groups in total. The molecule has 3 heterocycles. The second-order valence-electron chi connectivity index (χ2n) is 8.93. The van der Waals surface area contributed by atoms with Gasteiger partial charge >= 0.3 is 0 Å². The molecule has 6 heteroatoms. The van der Waals surface area contributed by atoms with Gasteiger partial charge < -0.3 is 9.88 Å². The maximum atomic E-state index is 13.7. The van der Waals surface area contributed by atoms with E-state index in [1.807, 2.05) is 29.2 Å². The van der Waals surface area contributed by atoms with Crippen LogP contribution >= 0.6 is 12.2 Å². The number of carbonyl (C=O) groups excluding carboxylic acids is 1. The quantitative estimate of drug-likeness (QED) is 0.573. The first-order chi connectivity index (χ1) is 15.1. The van der Waals surface area contributed by atoms with Gasteiger partial charge in [0.15, 0.2) is 5.11 Å². The van der Waals surface area contributed by atoms with E-state index < -0.39 is 0 Å². The summed E-state index contributed by atoms with van der Waals surface area (Å²) in [5.74, 6) is -0.142. The third-order valence-corrected chi connectivity index (χ3v) is 7.61. The molecule has 158 valence electrons. The van der Waals surface area contributed by atoms with Gasteiger partial charge in [0, 0.05) is 29.1 Å². The molecule has 3 aromatic rings. The normalized spacial score (nSPS) is 24.0. The van der Waals surface area contributed by atoms with Crippen LogP contribution in [-0.2, 0) is 11.2 Å². The topological polar surface area (TPSA) is 39.3 Å². The van der Waals surface area contributed by atoms with Crippen molar-refractivity contribution >= 4 is 34.1 Å². The van der Waals surface area contributed by atoms with Crippen LogP contribution in [-0.4, -0.2) is 37.9 Å². The van der Waals surface area contributed by atoms with Crippen LogP contribution in [0.2, 0.25) is 0 Å². The Morgan fingerprint density at radius 3 is 2.52 bits per heavy atom. The molecular weight excluding hydrogens is 409 g/mol. The number of para-hydroxylation sites is 1. The number of aromatic nitrogens is 1. The van der Waals surface area contributed by atoms with Crippen molar-refractivity contribution in [3.8, 4) is 0 Å². The summed E-state index contributed by atoms with van der Waals surface area (Å²) in [6.45, 7) is 0. The first kappa shape index (κ1) is 19.0. The van der Waals surface area contributed by atoms with Crippen LogP contribution in [0.3, 0.4) is 0 Å². The number of halogens is 1. The highest BCUT2D eigenvalue weighted by atomic mass is 32.1. The van der Waals surface area contributed by atoms with Gasteiger partial charge in [-0.2, -0.15) is 0 Å². The molecule has 0 spiro atoms. The molecule has 2 aromatic carbocycles. The van der Waals surface area contributed by atoms with Gasteiger partial charge in [0.25, 0.3) is 5.91 Å². The van der Waals surface area contributed by atoms with Crippen molar-refractivity contribution in [3.05, 3.63) is 71.2 Å². The maximum absolute atomic E-state index is 13.7. The van der Waals surface area contributed by atoms with Crippen LogP contribution in [0.25, 0.3) is 10.9 Å². The molecule has 2 aliphatic heterocycles. The van der Waals surface area contributed by atoms with Crippen molar-refractivity contribution in [1.29, 1.82) is 0 Å². The summed E-state index contributed by atoms with van der Waals surface area (Å²) >= 11 is 5.95. The van der Waals surface area contributed by atoms with E-state index in [1.54, 1.807) is 0 Å². The number of amides is 1. The zero-order valence-electron chi connectivity index (χ0n) is 17.2. The van der Waals surface area contributed by atoms with E-state index in [1.165, 1.54) is 24.1 Å². The van der Waals surface area contributed by atoms with E-state index in [9.17, 15) is 9.18 Å². The third-order valence-electron chi connectivity index (χ3n) is 7.21. The fraction of sp³-hybridized carbons (Fsp3) is 0.360. The van der Waals surface area contributed by atoms with Gasteiger partial charge in [0.05, 0.1) is 6.04 Å². The number of hydrogen-bond acceptors (Lipinski definition) is 2. The molecule has 1 saturated carbocycles. The van der Waals surface area contributed by atoms with Crippen LogP contribution in [0.5, 0.6) is 0 Å². The fourth-order valence-corrected chi connectivity index (χ4v) is 6.23. The first-order valence-corrected chi connectivity index (χ1v) is 11.5. The van der Waals surface area contributed by atoms with Crippen LogP contribution < -0.4 is 0 Å². The lowest BCUT2D eigenvalue weighted by molar-refractivity contribution is -0.130. The van der Waals surface area contributed by atoms with E-state index in [-0.39, 0.29) is 29.8 Å². The molecule has 1 unspecified atom stereocenters. The van der Waals surface area contributed by atoms with Gasteiger partial charge in [-0.25, -0.2) is 4.39 Å². The van der Waals surface area contributed by atoms with Crippen LogP contribution in [0, 0.1) is 5.82 Å². The number of hydrogen-bond donors (Lipinski definition) is 1. The average molecular weight is 434 g/mol. The number of benzene rings is 2. The van der Waals surface area contributed by atoms with Crippen molar-refractivity contribution in [2.24, 2.45) is 0 Å². The molecule has 1 aliphatic carbocycles. The first-order valence-electron chi connectivity index (χ1n) is 11.1. The largest absolute Gasteiger partial charge is 0.356 e. The summed E-state index contributed by atoms with van der Waals surface area (Å²) in [6.07, 6.45) is 6.19. The van der Waals surface area contributed by atoms with Crippen molar-refractivity contribution in [1.82, 2.24) is 14.8 Å². The Labute approximate surface area is 186 Å². The van der Waals surface area contributed by atoms with Crippen molar-refractivity contribution in [3.63, 3.8) is 0 Å². The van der Waals surface area contributed by atoms with Crippen molar-refractivity contribution in [2.45, 2.75) is 56.7 Å². The monoisotopic (exact) mass is 433 g/mol. The SMILES string of the molecule is O=C1[C@@H]2Cc3c([nH]c4ccccc34)C(c3ccc(F)cc3)N2C(=S)N1C1CCCCC1. The fourth-order valence-electron chi connectivity index (χ4n) is 5.76. The molecule has 4 nitrogen and oxygen atoms in total. The summed E-state index contributed by atoms with van der Waals surface area (Å²) in [4.78, 5) is 21.3. The molecule has 6 rings (SSSR count). The smallest absolute Gasteiger partial charge is 0.252 e. The number of nitrogens with one attached hydrogen (secondary N) is 1. The molecule has 1 saturated heterocycles. The summed E-state index contributed by atoms with van der Waals surface area (Å²) in [7, 11) is 0. The highest BCUT2D eigenvalue weighted by Gasteiger charge is 2.52. The molecule has 2 atom stereocenters. The van der Waals surface area contributed by atoms with Crippen LogP contribution in [0.1, 0.15) is 55.0 Å². The molecule has 0 radical (unpaired) electrons. The van der Waals surface area contributed by atoms with Gasteiger partial charge in [-0.3, -0.25) is 9.69 Å². The van der Waals surface area contributed by atoms with E-state index in [4.69, 9.17) is 12.2 Å². The predicted octanol–water partition coefficient (Wildman–Crippen LogP) is 5.08. The second-order valence-corrected chi connectivity index (χ2v) is 9.29. The Kier molecular flexibility index (Phi) is 4.39. The number of rotatable bonds is 2. The van der Waals surface area contributed by atoms with E-state index >= 15 is 0 Å². The van der Waals surface area contributed by atoms with E-state index in [0.717, 1.165) is 47.8 Å². The van der Waals surface area contributed by atoms with Crippen molar-refractivity contribution < 1.29 is 9.18 Å². The zero-order valence-corrected chi connectivity index (χ0v) is 18.0. The van der Waals surface area contributed by atoms with Crippen molar-refractivity contribution in [2.75, 3.05) is 0 Å². The molecule has 1 aromatic heterocycles. The highest BCUT2D eigenvalue weighted by molar-refractivity contribution is 7.80. The summed E-state index contributed by atoms with van der Waals surface area (Å²) in [5.41, 5.74) is 4.24. The Morgan fingerprint density at radius 2 is 1.74 bits per heavy atom. The van der Waals surface area contributed by atoms with Gasteiger partial charge in [-0.1, -0.05) is 49.6 Å². The van der Waals surface area contributed by atoms with Gasteiger partial charge in [-0.05, 0) is 54.4 Å². The minimum absolute atomic E-state index is 0.125. The summed E-state index contributed by atoms with van der Waals surface area (Å²) < 4.78 is 13.7. The maximum Gasteiger partial charge on any atom is 0.252 e. The molecule has 1 amide bonds. The molecule has 3 aliphatic rings. The van der Waals surface area contributed by atoms with Gasteiger partial charge in [0.1, 0.15) is 11.9 Å². The highest BCUT2D eigenvalue weighted by Crippen LogP contribution is 2.45. The number of H-pyrrole nitrogens is 1. The molecule has 2 fully saturated rings. The Morgan fingerprint density at radius 1 is 1.00 bits per heavy atom. The summed E-state index contributed by atoms with van der Waals surface area (Å²) in [5, 5.41) is 1.78. The number of carbonyl (C=O) groups is 1. The third kappa shape index (κ3) is 2.84. The lowest BCUT2D eigenvalue weighted by atomic mass is 9.89. The Hall–Kier alpha value is -2.73. The Bertz CT molecular complexity index is 1180. The molecule has 31 heavy (non-hydrogen) atoms. The minimum atomic E-state index is -0.309. The standard InChI is InChI=1S/C25H24FN3OS/c26-16-12-10-15(11-13-16)23-22-19(18-8-4-5-9-20(18)27-22)14-21-24(30)28(25(31)29(21)23)17-6-2-1-3-7-17/h4-5,8-13,17,21,23,27H,1-3,6-7,14H2/t21-,23?/m0/s1. The van der Waals surface area contributed by atoms with E-state index in [2.05, 4.69) is 22.0 Å². The molecular formula is C25H24FN3OS. The van der Waals surface area contributed by atoms with Crippen LogP contribution in [0.15, 0.2) is 48.5 Å². The Balaban J connectivity index is 1.51. The lowest BCUT2D eigenvalue weighted by Crippen LogP contribution is -2.44. The number of nitrogens with zero attached hydrogens (tertiary/aromatic N) is 2. The average Bonchev–Trinajstić information content (AvgIpc) is 3.29. The second kappa shape index (κ2) is 7.16. The van der Waals surface area contributed by atoms with Gasteiger partial charge in [0.2, 0.25) is 0 Å². The number of fused-ring (bicyclic) bond motifs is 4. The zero-order chi connectivity index (χ0) is 21.1. The van der Waals surface area contributed by atoms with Crippen LogP contribution in [0.4, 0.5) is 4.39 Å². The number of aromatic amines is 1. The summed E-state index contributed by atoms with van der Waals surface area (Å²) in [6, 6.07) is 14.5. The molecule has 0 bridgehead atoms. The predicted molar refractivity (Wildman–Crippen MR) is 122 cm³/mol. The minimum Gasteiger partial charge on any atom is -0.356 e. The van der Waals surface area contributed by atoms with Gasteiger partial charge in [-0.15, -0.1) is 0 Å². The lowest BCUT2D eigenvalue weighted by Gasteiger charge is -2.38. The van der Waals surface area contributed by atoms with E-state index in [0.29, 0.717) is 11.5 Å².